The second kappa shape index (κ2) is 17.6. The molecule has 0 fully saturated rings. The Morgan fingerprint density at radius 3 is 1.08 bits per heavy atom. The quantitative estimate of drug-likeness (QED) is 0.110. The van der Waals surface area contributed by atoms with E-state index in [2.05, 4.69) is 156 Å². The molecule has 3 heteroatoms. The highest BCUT2D eigenvalue weighted by Crippen LogP contribution is 2.41. The van der Waals surface area contributed by atoms with Gasteiger partial charge in [0.15, 0.2) is 0 Å². The van der Waals surface area contributed by atoms with Gasteiger partial charge in [0.2, 0.25) is 0 Å². The maximum atomic E-state index is 7.81. The maximum absolute atomic E-state index is 7.81. The number of benzene rings is 6. The smallest absolute Gasteiger partial charge is 0.127 e. The van der Waals surface area contributed by atoms with Crippen LogP contribution in [0.5, 0.6) is 23.0 Å². The van der Waals surface area contributed by atoms with Crippen LogP contribution in [0.2, 0.25) is 0 Å². The predicted octanol–water partition coefficient (Wildman–Crippen LogP) is 15.0. The van der Waals surface area contributed by atoms with E-state index in [4.69, 9.17) is 14.2 Å². The van der Waals surface area contributed by atoms with Gasteiger partial charge in [0.25, 0.3) is 0 Å². The minimum absolute atomic E-state index is 0.0520. The summed E-state index contributed by atoms with van der Waals surface area (Å²) in [4.78, 5) is 0. The third-order valence-corrected chi connectivity index (χ3v) is 12.1. The summed E-state index contributed by atoms with van der Waals surface area (Å²) >= 11 is 0. The van der Waals surface area contributed by atoms with Crippen LogP contribution >= 0.6 is 0 Å². The molecule has 0 aliphatic carbocycles. The van der Waals surface area contributed by atoms with Crippen molar-refractivity contribution in [3.63, 3.8) is 0 Å². The minimum Gasteiger partial charge on any atom is -0.457 e. The van der Waals surface area contributed by atoms with Crippen LogP contribution < -0.4 is 9.47 Å². The van der Waals surface area contributed by atoms with Gasteiger partial charge in [-0.1, -0.05) is 166 Å². The molecule has 0 N–H and O–H groups in total. The molecule has 6 rings (SSSR count). The van der Waals surface area contributed by atoms with Crippen LogP contribution in [0, 0.1) is 13.8 Å². The molecule has 2 unspecified atom stereocenters. The van der Waals surface area contributed by atoms with E-state index >= 15 is 0 Å². The molecular weight excluding hydrogens is 721 g/mol. The molecule has 0 spiro atoms. The summed E-state index contributed by atoms with van der Waals surface area (Å²) in [6, 6.07) is 51.1. The van der Waals surface area contributed by atoms with Crippen LogP contribution in [0.3, 0.4) is 0 Å². The highest BCUT2D eigenvalue weighted by atomic mass is 16.5. The molecular formula is C56H66O3. The summed E-state index contributed by atoms with van der Waals surface area (Å²) in [6.45, 7) is 27.7. The van der Waals surface area contributed by atoms with Crippen LogP contribution in [0.15, 0.2) is 146 Å². The van der Waals surface area contributed by atoms with Gasteiger partial charge in [-0.2, -0.15) is 0 Å². The van der Waals surface area contributed by atoms with Gasteiger partial charge in [0.05, 0.1) is 12.2 Å². The largest absolute Gasteiger partial charge is 0.457 e. The third kappa shape index (κ3) is 10.7. The lowest BCUT2D eigenvalue weighted by Gasteiger charge is -2.43. The van der Waals surface area contributed by atoms with Gasteiger partial charge in [-0.25, -0.2) is 0 Å². The predicted molar refractivity (Wildman–Crippen MR) is 248 cm³/mol. The molecule has 0 amide bonds. The normalized spacial score (nSPS) is 13.5. The zero-order valence-corrected chi connectivity index (χ0v) is 37.7. The fourth-order valence-electron chi connectivity index (χ4n) is 8.48. The van der Waals surface area contributed by atoms with E-state index in [1.54, 1.807) is 0 Å². The first-order valence-electron chi connectivity index (χ1n) is 21.3. The first kappa shape index (κ1) is 43.5. The van der Waals surface area contributed by atoms with E-state index < -0.39 is 0 Å². The molecule has 3 nitrogen and oxygen atoms in total. The lowest BCUT2D eigenvalue weighted by molar-refractivity contribution is -0.0753. The summed E-state index contributed by atoms with van der Waals surface area (Å²) in [7, 11) is 0. The monoisotopic (exact) mass is 787 g/mol. The lowest BCUT2D eigenvalue weighted by atomic mass is 9.72. The van der Waals surface area contributed by atoms with E-state index in [1.165, 1.54) is 44.5 Å². The highest BCUT2D eigenvalue weighted by Gasteiger charge is 2.40. The van der Waals surface area contributed by atoms with E-state index in [0.29, 0.717) is 12.8 Å². The average molecular weight is 787 g/mol. The standard InChI is InChI=1S/C56H66O3/c1-39-33-43(29-31-49(39)53(3,4)5)55(9,10)51(37-41-21-19-27-47(35-41)57-45-23-15-13-16-24-45)59-52(56(11,12)44-30-32-50(40(2)34-44)54(6,7)8)38-42-22-20-28-48(36-42)58-46-25-17-14-18-26-46/h13-36,51-52H,37-38H2,1-12H3. The molecule has 0 saturated carbocycles. The van der Waals surface area contributed by atoms with Gasteiger partial charge in [-0.15, -0.1) is 0 Å². The molecule has 0 bridgehead atoms. The van der Waals surface area contributed by atoms with E-state index in [9.17, 15) is 0 Å². The summed E-state index contributed by atoms with van der Waals surface area (Å²) in [5, 5.41) is 0. The van der Waals surface area contributed by atoms with Crippen LogP contribution in [0.1, 0.15) is 114 Å². The van der Waals surface area contributed by atoms with Gasteiger partial charge >= 0.3 is 0 Å². The number of para-hydroxylation sites is 2. The number of ether oxygens (including phenoxy) is 3. The third-order valence-electron chi connectivity index (χ3n) is 12.1. The molecule has 6 aromatic carbocycles. The lowest BCUT2D eigenvalue weighted by Crippen LogP contribution is -2.46. The van der Waals surface area contributed by atoms with Crippen LogP contribution in [-0.2, 0) is 39.2 Å². The minimum atomic E-state index is -0.365. The van der Waals surface area contributed by atoms with Crippen LogP contribution in [0.4, 0.5) is 0 Å². The van der Waals surface area contributed by atoms with Crippen molar-refractivity contribution < 1.29 is 14.2 Å². The van der Waals surface area contributed by atoms with Crippen LogP contribution in [0.25, 0.3) is 0 Å². The Labute approximate surface area is 355 Å². The summed E-state index contributed by atoms with van der Waals surface area (Å²) < 4.78 is 20.5. The Balaban J connectivity index is 1.44. The Hall–Kier alpha value is -5.12. The highest BCUT2D eigenvalue weighted by molar-refractivity contribution is 5.42. The number of hydrogen-bond acceptors (Lipinski definition) is 3. The number of rotatable bonds is 14. The van der Waals surface area contributed by atoms with E-state index in [0.717, 1.165) is 23.0 Å². The molecule has 0 radical (unpaired) electrons. The van der Waals surface area contributed by atoms with E-state index in [-0.39, 0.29) is 33.9 Å². The molecule has 308 valence electrons. The van der Waals surface area contributed by atoms with Crippen molar-refractivity contribution in [3.05, 3.63) is 190 Å². The Morgan fingerprint density at radius 2 is 0.746 bits per heavy atom. The summed E-state index contributed by atoms with van der Waals surface area (Å²) in [6.07, 6.45) is 1.00. The van der Waals surface area contributed by atoms with Crippen molar-refractivity contribution in [2.75, 3.05) is 0 Å². The fourth-order valence-corrected chi connectivity index (χ4v) is 8.48. The van der Waals surface area contributed by atoms with Crippen molar-refractivity contribution in [2.45, 2.75) is 130 Å². The van der Waals surface area contributed by atoms with Gasteiger partial charge in [-0.05, 0) is 131 Å². The summed E-state index contributed by atoms with van der Waals surface area (Å²) in [5.41, 5.74) is 9.59. The van der Waals surface area contributed by atoms with E-state index in [1.807, 2.05) is 72.8 Å². The van der Waals surface area contributed by atoms with Gasteiger partial charge in [0.1, 0.15) is 23.0 Å². The second-order valence-corrected chi connectivity index (χ2v) is 19.6. The van der Waals surface area contributed by atoms with Crippen molar-refractivity contribution in [3.8, 4) is 23.0 Å². The molecule has 59 heavy (non-hydrogen) atoms. The molecule has 0 aromatic heterocycles. The second-order valence-electron chi connectivity index (χ2n) is 19.6. The van der Waals surface area contributed by atoms with Crippen molar-refractivity contribution in [1.29, 1.82) is 0 Å². The van der Waals surface area contributed by atoms with Crippen molar-refractivity contribution >= 4 is 0 Å². The van der Waals surface area contributed by atoms with Gasteiger partial charge in [0, 0.05) is 10.8 Å². The molecule has 2 atom stereocenters. The first-order valence-corrected chi connectivity index (χ1v) is 21.3. The molecule has 6 aromatic rings. The van der Waals surface area contributed by atoms with Crippen molar-refractivity contribution in [1.82, 2.24) is 0 Å². The Bertz CT molecular complexity index is 2140. The topological polar surface area (TPSA) is 27.7 Å². The molecule has 0 aliphatic heterocycles. The van der Waals surface area contributed by atoms with Crippen molar-refractivity contribution in [2.24, 2.45) is 0 Å². The zero-order valence-electron chi connectivity index (χ0n) is 37.7. The number of aryl methyl sites for hydroxylation is 2. The fraction of sp³-hybridized carbons (Fsp3) is 0.357. The Morgan fingerprint density at radius 1 is 0.390 bits per heavy atom. The van der Waals surface area contributed by atoms with Gasteiger partial charge in [-0.3, -0.25) is 0 Å². The first-order chi connectivity index (χ1) is 27.8. The van der Waals surface area contributed by atoms with Crippen LogP contribution in [-0.4, -0.2) is 12.2 Å². The molecule has 0 saturated heterocycles. The zero-order chi connectivity index (χ0) is 42.6. The molecule has 0 heterocycles. The SMILES string of the molecule is Cc1cc(C(C)(C)C(Cc2cccc(Oc3ccccc3)c2)OC(Cc2cccc(Oc3ccccc3)c2)C(C)(C)c2ccc(C(C)(C)C)c(C)c2)ccc1C(C)(C)C. The number of hydrogen-bond donors (Lipinski definition) is 0. The summed E-state index contributed by atoms with van der Waals surface area (Å²) in [5.74, 6) is 3.27. The molecule has 0 aliphatic rings. The maximum Gasteiger partial charge on any atom is 0.127 e. The van der Waals surface area contributed by atoms with Gasteiger partial charge < -0.3 is 14.2 Å². The Kier molecular flexibility index (Phi) is 13.0. The average Bonchev–Trinajstić information content (AvgIpc) is 3.17.